The first-order valence-corrected chi connectivity index (χ1v) is 13.8. The third-order valence-corrected chi connectivity index (χ3v) is 6.03. The second-order valence-electron chi connectivity index (χ2n) is 8.10. The zero-order chi connectivity index (χ0) is 22.4. The minimum absolute atomic E-state index is 0.00433. The Morgan fingerprint density at radius 3 is 2.55 bits per heavy atom. The molecule has 0 bridgehead atoms. The van der Waals surface area contributed by atoms with Gasteiger partial charge in [0.15, 0.2) is 5.82 Å². The maximum absolute atomic E-state index is 13.0. The highest BCUT2D eigenvalue weighted by molar-refractivity contribution is 6.76. The summed E-state index contributed by atoms with van der Waals surface area (Å²) in [5.74, 6) is 0.989. The number of imidazole rings is 1. The molecule has 0 fully saturated rings. The van der Waals surface area contributed by atoms with Crippen LogP contribution in [0, 0.1) is 5.82 Å². The molecule has 0 saturated carbocycles. The molecule has 1 atom stereocenters. The number of rotatable bonds is 10. The summed E-state index contributed by atoms with van der Waals surface area (Å²) in [6, 6.07) is 0.704. The number of hydrogen-bond donors (Lipinski definition) is 2. The van der Waals surface area contributed by atoms with Crippen molar-refractivity contribution in [3.8, 4) is 0 Å². The van der Waals surface area contributed by atoms with Crippen molar-refractivity contribution in [3.05, 3.63) is 41.8 Å². The smallest absolute Gasteiger partial charge is 0.234 e. The SMILES string of the molecule is C[C@H](Nc1nc(Cl)nc(Nc2cncn2COCC[Si](C)(C)C)n1)c1ncc(F)cn1. The van der Waals surface area contributed by atoms with Gasteiger partial charge in [0.1, 0.15) is 18.4 Å². The van der Waals surface area contributed by atoms with E-state index >= 15 is 0 Å². The van der Waals surface area contributed by atoms with Crippen LogP contribution < -0.4 is 10.6 Å². The molecule has 0 spiro atoms. The van der Waals surface area contributed by atoms with E-state index in [0.29, 0.717) is 25.0 Å². The molecule has 31 heavy (non-hydrogen) atoms. The van der Waals surface area contributed by atoms with Crippen LogP contribution in [0.5, 0.6) is 0 Å². The third kappa shape index (κ3) is 7.19. The minimum Gasteiger partial charge on any atom is -0.361 e. The number of nitrogens with zero attached hydrogens (tertiary/aromatic N) is 7. The molecule has 10 nitrogen and oxygen atoms in total. The van der Waals surface area contributed by atoms with Gasteiger partial charge in [0.25, 0.3) is 0 Å². The summed E-state index contributed by atoms with van der Waals surface area (Å²) in [6.45, 7) is 9.77. The van der Waals surface area contributed by atoms with Gasteiger partial charge in [-0.3, -0.25) is 4.57 Å². The first-order chi connectivity index (χ1) is 14.7. The first-order valence-electron chi connectivity index (χ1n) is 9.70. The van der Waals surface area contributed by atoms with E-state index in [1.807, 2.05) is 4.57 Å². The fraction of sp³-hybridized carbons (Fsp3) is 0.444. The van der Waals surface area contributed by atoms with Gasteiger partial charge in [0.2, 0.25) is 17.2 Å². The summed E-state index contributed by atoms with van der Waals surface area (Å²) in [4.78, 5) is 24.6. The molecule has 0 saturated heterocycles. The van der Waals surface area contributed by atoms with Crippen LogP contribution in [0.1, 0.15) is 18.8 Å². The summed E-state index contributed by atoms with van der Waals surface area (Å²) in [7, 11) is -1.15. The predicted octanol–water partition coefficient (Wildman–Crippen LogP) is 3.88. The maximum Gasteiger partial charge on any atom is 0.234 e. The molecule has 0 unspecified atom stereocenters. The van der Waals surface area contributed by atoms with Crippen LogP contribution in [0.25, 0.3) is 0 Å². The van der Waals surface area contributed by atoms with Crippen molar-refractivity contribution in [2.75, 3.05) is 17.2 Å². The lowest BCUT2D eigenvalue weighted by Gasteiger charge is -2.16. The number of halogens is 2. The highest BCUT2D eigenvalue weighted by Crippen LogP contribution is 2.19. The average Bonchev–Trinajstić information content (AvgIpc) is 3.11. The van der Waals surface area contributed by atoms with Crippen LogP contribution in [-0.4, -0.2) is 49.2 Å². The van der Waals surface area contributed by atoms with Gasteiger partial charge in [-0.2, -0.15) is 15.0 Å². The minimum atomic E-state index is -1.15. The predicted molar refractivity (Wildman–Crippen MR) is 118 cm³/mol. The molecule has 3 aromatic heterocycles. The zero-order valence-electron chi connectivity index (χ0n) is 17.8. The fourth-order valence-electron chi connectivity index (χ4n) is 2.46. The lowest BCUT2D eigenvalue weighted by Crippen LogP contribution is -2.22. The Morgan fingerprint density at radius 1 is 1.13 bits per heavy atom. The van der Waals surface area contributed by atoms with Crippen LogP contribution in [-0.2, 0) is 11.5 Å². The number of anilines is 3. The lowest BCUT2D eigenvalue weighted by atomic mass is 10.3. The molecule has 2 N–H and O–H groups in total. The van der Waals surface area contributed by atoms with Gasteiger partial charge in [-0.05, 0) is 24.6 Å². The van der Waals surface area contributed by atoms with Gasteiger partial charge in [-0.25, -0.2) is 19.3 Å². The highest BCUT2D eigenvalue weighted by Gasteiger charge is 2.14. The molecular weight excluding hydrogens is 441 g/mol. The number of ether oxygens (including phenoxy) is 1. The van der Waals surface area contributed by atoms with E-state index in [2.05, 4.69) is 60.2 Å². The van der Waals surface area contributed by atoms with E-state index in [9.17, 15) is 4.39 Å². The summed E-state index contributed by atoms with van der Waals surface area (Å²) in [5, 5.41) is 6.11. The summed E-state index contributed by atoms with van der Waals surface area (Å²) in [5.41, 5.74) is 0. The molecule has 3 heterocycles. The van der Waals surface area contributed by atoms with Crippen molar-refractivity contribution in [1.29, 1.82) is 0 Å². The lowest BCUT2D eigenvalue weighted by molar-refractivity contribution is 0.0885. The largest absolute Gasteiger partial charge is 0.361 e. The molecule has 166 valence electrons. The van der Waals surface area contributed by atoms with Gasteiger partial charge in [0.05, 0.1) is 31.0 Å². The molecule has 13 heteroatoms. The van der Waals surface area contributed by atoms with Gasteiger partial charge in [-0.1, -0.05) is 19.6 Å². The Balaban J connectivity index is 1.64. The molecule has 0 aliphatic heterocycles. The van der Waals surface area contributed by atoms with E-state index in [-0.39, 0.29) is 23.2 Å². The van der Waals surface area contributed by atoms with Crippen molar-refractivity contribution >= 4 is 37.4 Å². The standard InChI is InChI=1S/C18H25ClFN9OSi/c1-12(15-22-7-13(20)8-23-15)24-17-26-16(19)27-18(28-17)25-14-9-21-10-29(14)11-30-5-6-31(2,3)4/h7-10,12H,5-6,11H2,1-4H3,(H2,24,25,26,27,28)/t12-/m0/s1. The quantitative estimate of drug-likeness (QED) is 0.339. The Bertz CT molecular complexity index is 996. The molecule has 0 aliphatic carbocycles. The van der Waals surface area contributed by atoms with Crippen LogP contribution in [0.15, 0.2) is 24.9 Å². The molecule has 0 amide bonds. The normalized spacial score (nSPS) is 12.6. The van der Waals surface area contributed by atoms with Crippen molar-refractivity contribution in [1.82, 2.24) is 34.5 Å². The second kappa shape index (κ2) is 10.1. The van der Waals surface area contributed by atoms with Gasteiger partial charge in [0, 0.05) is 14.7 Å². The molecule has 3 aromatic rings. The van der Waals surface area contributed by atoms with Crippen molar-refractivity contribution < 1.29 is 9.13 Å². The van der Waals surface area contributed by atoms with Gasteiger partial charge >= 0.3 is 0 Å². The van der Waals surface area contributed by atoms with E-state index in [4.69, 9.17) is 16.3 Å². The van der Waals surface area contributed by atoms with Gasteiger partial charge in [-0.15, -0.1) is 0 Å². The topological polar surface area (TPSA) is 116 Å². The van der Waals surface area contributed by atoms with Crippen LogP contribution in [0.4, 0.5) is 22.1 Å². The van der Waals surface area contributed by atoms with Crippen LogP contribution >= 0.6 is 11.6 Å². The van der Waals surface area contributed by atoms with Crippen molar-refractivity contribution in [2.45, 2.75) is 45.4 Å². The maximum atomic E-state index is 13.0. The second-order valence-corrected chi connectivity index (χ2v) is 14.1. The fourth-order valence-corrected chi connectivity index (χ4v) is 3.37. The highest BCUT2D eigenvalue weighted by atomic mass is 35.5. The van der Waals surface area contributed by atoms with E-state index < -0.39 is 13.9 Å². The molecular formula is C18H25ClFN9OSi. The number of hydrogen-bond acceptors (Lipinski definition) is 9. The van der Waals surface area contributed by atoms with E-state index in [1.165, 1.54) is 0 Å². The Morgan fingerprint density at radius 2 is 1.84 bits per heavy atom. The van der Waals surface area contributed by atoms with Crippen LogP contribution in [0.3, 0.4) is 0 Å². The van der Waals surface area contributed by atoms with Crippen LogP contribution in [0.2, 0.25) is 31.0 Å². The molecule has 0 aromatic carbocycles. The zero-order valence-corrected chi connectivity index (χ0v) is 19.6. The van der Waals surface area contributed by atoms with E-state index in [1.54, 1.807) is 19.4 Å². The number of aromatic nitrogens is 7. The monoisotopic (exact) mass is 465 g/mol. The van der Waals surface area contributed by atoms with Crippen molar-refractivity contribution in [2.24, 2.45) is 0 Å². The summed E-state index contributed by atoms with van der Waals surface area (Å²) in [6.07, 6.45) is 5.50. The van der Waals surface area contributed by atoms with Gasteiger partial charge < -0.3 is 15.4 Å². The van der Waals surface area contributed by atoms with E-state index in [0.717, 1.165) is 18.4 Å². The summed E-state index contributed by atoms with van der Waals surface area (Å²) >= 11 is 6.06. The molecule has 0 radical (unpaired) electrons. The Labute approximate surface area is 185 Å². The number of nitrogens with one attached hydrogen (secondary N) is 2. The third-order valence-electron chi connectivity index (χ3n) is 4.16. The summed E-state index contributed by atoms with van der Waals surface area (Å²) < 4.78 is 20.6. The Kier molecular flexibility index (Phi) is 7.46. The molecule has 0 aliphatic rings. The Hall–Kier alpha value is -2.70. The average molecular weight is 466 g/mol. The first kappa shape index (κ1) is 23.0. The van der Waals surface area contributed by atoms with Crippen molar-refractivity contribution in [3.63, 3.8) is 0 Å². The molecule has 3 rings (SSSR count).